The number of tetrazole rings is 1. The third-order valence-corrected chi connectivity index (χ3v) is 6.94. The predicted molar refractivity (Wildman–Crippen MR) is 157 cm³/mol. The fourth-order valence-corrected chi connectivity index (χ4v) is 4.79. The van der Waals surface area contributed by atoms with Gasteiger partial charge in [0.2, 0.25) is 17.6 Å². The number of unbranched alkanes of at least 4 members (excludes halogenated alkanes) is 2. The average Bonchev–Trinajstić information content (AvgIpc) is 3.53. The molecule has 1 heterocycles. The molecule has 43 heavy (non-hydrogen) atoms. The minimum atomic E-state index is -1.39. The van der Waals surface area contributed by atoms with Crippen LogP contribution in [0.15, 0.2) is 48.5 Å². The number of carbonyl (C=O) groups excluding carboxylic acids is 3. The van der Waals surface area contributed by atoms with E-state index in [-0.39, 0.29) is 18.9 Å². The van der Waals surface area contributed by atoms with Gasteiger partial charge < -0.3 is 15.3 Å². The van der Waals surface area contributed by atoms with E-state index in [9.17, 15) is 24.3 Å². The van der Waals surface area contributed by atoms with Crippen LogP contribution in [0.5, 0.6) is 0 Å². The first-order chi connectivity index (χ1) is 20.6. The maximum atomic E-state index is 13.7. The molecule has 0 bridgehead atoms. The van der Waals surface area contributed by atoms with Gasteiger partial charge in [-0.1, -0.05) is 82.1 Å². The SMILES string of the molecule is CCCCCN(Cc1ccc(-c2ccccc2-c2nn[nH]n2)cc1)C(=O)C(CC(=O)O)NC(=O)C(CC(C)C)C(=O)NO. The van der Waals surface area contributed by atoms with E-state index in [1.54, 1.807) is 13.8 Å². The monoisotopic (exact) mass is 593 g/mol. The first-order valence-corrected chi connectivity index (χ1v) is 14.3. The van der Waals surface area contributed by atoms with E-state index in [2.05, 4.69) is 25.9 Å². The van der Waals surface area contributed by atoms with Crippen LogP contribution in [0.4, 0.5) is 0 Å². The Bertz CT molecular complexity index is 1360. The summed E-state index contributed by atoms with van der Waals surface area (Å²) in [6, 6.07) is 13.9. The molecule has 1 aromatic heterocycles. The van der Waals surface area contributed by atoms with Crippen LogP contribution in [0.2, 0.25) is 0 Å². The van der Waals surface area contributed by atoms with Crippen molar-refractivity contribution in [2.45, 2.75) is 65.5 Å². The summed E-state index contributed by atoms with van der Waals surface area (Å²) in [5, 5.41) is 35.4. The van der Waals surface area contributed by atoms with Crippen LogP contribution in [-0.2, 0) is 25.7 Å². The number of nitrogens with one attached hydrogen (secondary N) is 3. The van der Waals surface area contributed by atoms with Crippen molar-refractivity contribution in [2.75, 3.05) is 6.54 Å². The lowest BCUT2D eigenvalue weighted by atomic mass is 9.95. The molecule has 0 aliphatic heterocycles. The van der Waals surface area contributed by atoms with Gasteiger partial charge >= 0.3 is 5.97 Å². The minimum Gasteiger partial charge on any atom is -0.481 e. The molecule has 3 aromatic rings. The van der Waals surface area contributed by atoms with Gasteiger partial charge in [-0.3, -0.25) is 24.4 Å². The van der Waals surface area contributed by atoms with Crippen LogP contribution in [0.1, 0.15) is 58.4 Å². The number of amides is 3. The van der Waals surface area contributed by atoms with Crippen molar-refractivity contribution in [3.63, 3.8) is 0 Å². The maximum Gasteiger partial charge on any atom is 0.305 e. The summed E-state index contributed by atoms with van der Waals surface area (Å²) < 4.78 is 0. The Morgan fingerprint density at radius 2 is 1.67 bits per heavy atom. The van der Waals surface area contributed by atoms with Gasteiger partial charge in [-0.05, 0) is 40.7 Å². The summed E-state index contributed by atoms with van der Waals surface area (Å²) >= 11 is 0. The highest BCUT2D eigenvalue weighted by atomic mass is 16.5. The van der Waals surface area contributed by atoms with E-state index in [1.165, 1.54) is 10.4 Å². The molecule has 2 atom stereocenters. The first kappa shape index (κ1) is 32.9. The van der Waals surface area contributed by atoms with Crippen molar-refractivity contribution < 1.29 is 29.5 Å². The van der Waals surface area contributed by atoms with Crippen molar-refractivity contribution in [3.05, 3.63) is 54.1 Å². The zero-order chi connectivity index (χ0) is 31.4. The number of aliphatic carboxylic acids is 1. The molecule has 13 nitrogen and oxygen atoms in total. The lowest BCUT2D eigenvalue weighted by Crippen LogP contribution is -2.52. The Labute approximate surface area is 250 Å². The van der Waals surface area contributed by atoms with Crippen molar-refractivity contribution in [3.8, 4) is 22.5 Å². The van der Waals surface area contributed by atoms with Crippen LogP contribution in [0.3, 0.4) is 0 Å². The normalized spacial score (nSPS) is 12.4. The zero-order valence-electron chi connectivity index (χ0n) is 24.6. The summed E-state index contributed by atoms with van der Waals surface area (Å²) in [6.45, 7) is 6.18. The Morgan fingerprint density at radius 3 is 2.26 bits per heavy atom. The number of carboxylic acid groups (broad SMARTS) is 1. The molecule has 3 rings (SSSR count). The number of H-pyrrole nitrogens is 1. The number of nitrogens with zero attached hydrogens (tertiary/aromatic N) is 4. The number of carbonyl (C=O) groups is 4. The summed E-state index contributed by atoms with van der Waals surface area (Å²) in [4.78, 5) is 52.2. The Balaban J connectivity index is 1.84. The second kappa shape index (κ2) is 16.1. The molecule has 230 valence electrons. The zero-order valence-corrected chi connectivity index (χ0v) is 24.6. The van der Waals surface area contributed by atoms with E-state index >= 15 is 0 Å². The number of aromatic nitrogens is 4. The fourth-order valence-electron chi connectivity index (χ4n) is 4.79. The quantitative estimate of drug-likeness (QED) is 0.0718. The van der Waals surface area contributed by atoms with Gasteiger partial charge in [-0.15, -0.1) is 10.2 Å². The third-order valence-electron chi connectivity index (χ3n) is 6.94. The van der Waals surface area contributed by atoms with Gasteiger partial charge in [-0.2, -0.15) is 5.21 Å². The Hall–Kier alpha value is -4.65. The Morgan fingerprint density at radius 1 is 0.977 bits per heavy atom. The Kier molecular flexibility index (Phi) is 12.3. The number of hydrogen-bond acceptors (Lipinski definition) is 8. The lowest BCUT2D eigenvalue weighted by molar-refractivity contribution is -0.146. The molecule has 0 spiro atoms. The van der Waals surface area contributed by atoms with Crippen LogP contribution in [0, 0.1) is 11.8 Å². The van der Waals surface area contributed by atoms with E-state index < -0.39 is 42.1 Å². The fraction of sp³-hybridized carbons (Fsp3) is 0.433. The van der Waals surface area contributed by atoms with E-state index in [4.69, 9.17) is 5.21 Å². The number of hydrogen-bond donors (Lipinski definition) is 5. The molecular weight excluding hydrogens is 554 g/mol. The molecule has 0 aliphatic rings. The second-order valence-electron chi connectivity index (χ2n) is 10.8. The molecule has 2 aromatic carbocycles. The van der Waals surface area contributed by atoms with Crippen LogP contribution >= 0.6 is 0 Å². The maximum absolute atomic E-state index is 13.7. The van der Waals surface area contributed by atoms with Crippen molar-refractivity contribution >= 4 is 23.7 Å². The molecule has 0 aliphatic carbocycles. The van der Waals surface area contributed by atoms with Gasteiger partial charge in [0, 0.05) is 18.7 Å². The molecule has 2 unspecified atom stereocenters. The van der Waals surface area contributed by atoms with Crippen molar-refractivity contribution in [1.29, 1.82) is 0 Å². The number of aromatic amines is 1. The summed E-state index contributed by atoms with van der Waals surface area (Å²) in [5.74, 6) is -4.48. The van der Waals surface area contributed by atoms with Gasteiger partial charge in [0.05, 0.1) is 6.42 Å². The van der Waals surface area contributed by atoms with Crippen molar-refractivity contribution in [1.82, 2.24) is 36.3 Å². The lowest BCUT2D eigenvalue weighted by Gasteiger charge is -2.28. The van der Waals surface area contributed by atoms with E-state index in [1.807, 2.05) is 55.5 Å². The standard InChI is InChI=1S/C30H39N7O6/c1-4-5-8-15-37(30(42)25(17-26(38)39)31-28(40)24(16-19(2)3)29(41)34-43)18-20-11-13-21(14-12-20)22-9-6-7-10-23(22)27-32-35-36-33-27/h6-7,9-14,19,24-25,43H,4-5,8,15-18H2,1-3H3,(H,31,40)(H,34,41)(H,38,39)(H,32,33,35,36). The third kappa shape index (κ3) is 9.43. The number of hydroxylamine groups is 1. The first-order valence-electron chi connectivity index (χ1n) is 14.3. The second-order valence-corrected chi connectivity index (χ2v) is 10.8. The highest BCUT2D eigenvalue weighted by Gasteiger charge is 2.33. The number of carboxylic acids is 1. The van der Waals surface area contributed by atoms with Crippen LogP contribution in [0.25, 0.3) is 22.5 Å². The molecule has 0 fully saturated rings. The van der Waals surface area contributed by atoms with Crippen LogP contribution in [-0.4, -0.2) is 72.1 Å². The van der Waals surface area contributed by atoms with Gasteiger partial charge in [0.1, 0.15) is 12.0 Å². The molecule has 13 heteroatoms. The smallest absolute Gasteiger partial charge is 0.305 e. The minimum absolute atomic E-state index is 0.0747. The molecule has 3 amide bonds. The summed E-state index contributed by atoms with van der Waals surface area (Å²) in [6.07, 6.45) is 1.91. The molecule has 5 N–H and O–H groups in total. The van der Waals surface area contributed by atoms with E-state index in [0.717, 1.165) is 35.1 Å². The topological polar surface area (TPSA) is 190 Å². The largest absolute Gasteiger partial charge is 0.481 e. The summed E-state index contributed by atoms with van der Waals surface area (Å²) in [5.41, 5.74) is 4.91. The molecule has 0 radical (unpaired) electrons. The molecular formula is C30H39N7O6. The van der Waals surface area contributed by atoms with Crippen molar-refractivity contribution in [2.24, 2.45) is 11.8 Å². The highest BCUT2D eigenvalue weighted by molar-refractivity contribution is 6.02. The van der Waals surface area contributed by atoms with E-state index in [0.29, 0.717) is 18.8 Å². The van der Waals surface area contributed by atoms with Crippen LogP contribution < -0.4 is 10.8 Å². The van der Waals surface area contributed by atoms with Gasteiger partial charge in [-0.25, -0.2) is 5.48 Å². The molecule has 0 saturated carbocycles. The molecule has 0 saturated heterocycles. The number of rotatable bonds is 16. The predicted octanol–water partition coefficient (Wildman–Crippen LogP) is 3.18. The van der Waals surface area contributed by atoms with Gasteiger partial charge in [0.15, 0.2) is 0 Å². The highest BCUT2D eigenvalue weighted by Crippen LogP contribution is 2.30. The average molecular weight is 594 g/mol. The number of benzene rings is 2. The summed E-state index contributed by atoms with van der Waals surface area (Å²) in [7, 11) is 0. The van der Waals surface area contributed by atoms with Gasteiger partial charge in [0.25, 0.3) is 5.91 Å².